The fourth-order valence-electron chi connectivity index (χ4n) is 1.78. The Morgan fingerprint density at radius 2 is 1.74 bits per heavy atom. The van der Waals surface area contributed by atoms with Gasteiger partial charge in [-0.3, -0.25) is 0 Å². The standard InChI is InChI=1S/C15H19F3Si/c1-19(2,3)14(15(16,17)18)12-8-7-11-13-9-5-4-6-10-13/h4-6,8-10H,7,11H2,1-3H3. The monoisotopic (exact) mass is 284 g/mol. The summed E-state index contributed by atoms with van der Waals surface area (Å²) in [6, 6.07) is 9.73. The van der Waals surface area contributed by atoms with Crippen LogP contribution < -0.4 is 0 Å². The molecular weight excluding hydrogens is 265 g/mol. The van der Waals surface area contributed by atoms with Gasteiger partial charge >= 0.3 is 6.18 Å². The van der Waals surface area contributed by atoms with Crippen molar-refractivity contribution in [1.82, 2.24) is 0 Å². The third-order valence-corrected chi connectivity index (χ3v) is 4.63. The Morgan fingerprint density at radius 3 is 2.21 bits per heavy atom. The van der Waals surface area contributed by atoms with Gasteiger partial charge in [0.25, 0.3) is 0 Å². The number of aryl methyl sites for hydroxylation is 1. The molecule has 1 aromatic rings. The van der Waals surface area contributed by atoms with Gasteiger partial charge in [0.05, 0.1) is 13.3 Å². The van der Waals surface area contributed by atoms with Crippen molar-refractivity contribution in [3.63, 3.8) is 0 Å². The predicted molar refractivity (Wildman–Crippen MR) is 75.8 cm³/mol. The van der Waals surface area contributed by atoms with Crippen molar-refractivity contribution in [1.29, 1.82) is 0 Å². The zero-order valence-electron chi connectivity index (χ0n) is 11.5. The van der Waals surface area contributed by atoms with Gasteiger partial charge in [-0.2, -0.15) is 13.2 Å². The van der Waals surface area contributed by atoms with Crippen molar-refractivity contribution in [2.24, 2.45) is 0 Å². The Labute approximate surface area is 113 Å². The van der Waals surface area contributed by atoms with Crippen molar-refractivity contribution < 1.29 is 13.2 Å². The molecule has 0 unspecified atom stereocenters. The van der Waals surface area contributed by atoms with Gasteiger partial charge in [-0.05, 0) is 24.5 Å². The summed E-state index contributed by atoms with van der Waals surface area (Å²) in [5.41, 5.74) is 3.63. The van der Waals surface area contributed by atoms with Crippen LogP contribution in [0.2, 0.25) is 19.6 Å². The number of alkyl halides is 3. The zero-order chi connectivity index (χ0) is 14.5. The molecule has 0 aliphatic rings. The van der Waals surface area contributed by atoms with E-state index in [1.54, 1.807) is 19.6 Å². The van der Waals surface area contributed by atoms with Gasteiger partial charge < -0.3 is 0 Å². The number of benzene rings is 1. The second-order valence-electron chi connectivity index (χ2n) is 5.50. The van der Waals surface area contributed by atoms with Gasteiger partial charge in [0.1, 0.15) is 0 Å². The van der Waals surface area contributed by atoms with Crippen LogP contribution in [0.1, 0.15) is 12.0 Å². The molecule has 0 aliphatic carbocycles. The summed E-state index contributed by atoms with van der Waals surface area (Å²) in [7, 11) is -2.40. The van der Waals surface area contributed by atoms with Gasteiger partial charge in [0.2, 0.25) is 0 Å². The smallest absolute Gasteiger partial charge is 0.166 e. The summed E-state index contributed by atoms with van der Waals surface area (Å²) in [5, 5.41) is -0.465. The lowest BCUT2D eigenvalue weighted by atomic mass is 10.1. The number of rotatable bonds is 4. The maximum Gasteiger partial charge on any atom is 0.415 e. The van der Waals surface area contributed by atoms with Crippen LogP contribution in [0.4, 0.5) is 13.2 Å². The van der Waals surface area contributed by atoms with Crippen LogP contribution in [0.25, 0.3) is 0 Å². The van der Waals surface area contributed by atoms with Gasteiger partial charge in [-0.1, -0.05) is 50.0 Å². The number of allylic oxidation sites excluding steroid dienone is 1. The molecule has 1 rings (SSSR count). The molecule has 0 N–H and O–H groups in total. The molecule has 0 aromatic heterocycles. The Hall–Kier alpha value is -1.25. The van der Waals surface area contributed by atoms with Crippen molar-refractivity contribution >= 4 is 8.07 Å². The van der Waals surface area contributed by atoms with E-state index in [9.17, 15) is 13.2 Å². The number of halogens is 3. The topological polar surface area (TPSA) is 0 Å². The van der Waals surface area contributed by atoms with E-state index in [2.05, 4.69) is 5.73 Å². The molecule has 19 heavy (non-hydrogen) atoms. The summed E-state index contributed by atoms with van der Waals surface area (Å²) in [4.78, 5) is 0. The van der Waals surface area contributed by atoms with Crippen molar-refractivity contribution in [2.75, 3.05) is 0 Å². The van der Waals surface area contributed by atoms with Crippen LogP contribution in [-0.4, -0.2) is 14.3 Å². The maximum absolute atomic E-state index is 12.9. The molecule has 0 saturated carbocycles. The summed E-state index contributed by atoms with van der Waals surface area (Å²) in [5.74, 6) is 0. The SMILES string of the molecule is C[Si](C)(C)C(=C=CCCc1ccccc1)C(F)(F)F. The molecule has 0 radical (unpaired) electrons. The summed E-state index contributed by atoms with van der Waals surface area (Å²) >= 11 is 0. The lowest BCUT2D eigenvalue weighted by molar-refractivity contribution is -0.0854. The fraction of sp³-hybridized carbons (Fsp3) is 0.400. The van der Waals surface area contributed by atoms with Gasteiger partial charge in [-0.25, -0.2) is 0 Å². The second kappa shape index (κ2) is 6.26. The number of hydrogen-bond donors (Lipinski definition) is 0. The van der Waals surface area contributed by atoms with E-state index in [0.717, 1.165) is 12.0 Å². The summed E-state index contributed by atoms with van der Waals surface area (Å²) in [6.45, 7) is 5.07. The first-order valence-corrected chi connectivity index (χ1v) is 9.78. The fourth-order valence-corrected chi connectivity index (χ4v) is 3.17. The van der Waals surface area contributed by atoms with Gasteiger partial charge in [-0.15, -0.1) is 5.73 Å². The molecule has 0 spiro atoms. The van der Waals surface area contributed by atoms with Crippen molar-refractivity contribution in [2.45, 2.75) is 38.7 Å². The Bertz CT molecular complexity index is 444. The van der Waals surface area contributed by atoms with E-state index in [-0.39, 0.29) is 0 Å². The predicted octanol–water partition coefficient (Wildman–Crippen LogP) is 5.14. The van der Waals surface area contributed by atoms with Crippen LogP contribution in [-0.2, 0) is 6.42 Å². The third kappa shape index (κ3) is 5.49. The first kappa shape index (κ1) is 15.8. The Morgan fingerprint density at radius 1 is 1.16 bits per heavy atom. The molecule has 0 amide bonds. The van der Waals surface area contributed by atoms with E-state index >= 15 is 0 Å². The molecule has 0 nitrogen and oxygen atoms in total. The molecule has 0 fully saturated rings. The number of hydrogen-bond acceptors (Lipinski definition) is 0. The van der Waals surface area contributed by atoms with E-state index in [1.807, 2.05) is 30.3 Å². The largest absolute Gasteiger partial charge is 0.415 e. The van der Waals surface area contributed by atoms with Crippen LogP contribution in [0.5, 0.6) is 0 Å². The van der Waals surface area contributed by atoms with Crippen LogP contribution in [0.3, 0.4) is 0 Å². The molecule has 0 heterocycles. The van der Waals surface area contributed by atoms with Crippen LogP contribution >= 0.6 is 0 Å². The average molecular weight is 284 g/mol. The molecule has 0 aliphatic heterocycles. The van der Waals surface area contributed by atoms with Gasteiger partial charge in [0.15, 0.2) is 0 Å². The third-order valence-electron chi connectivity index (χ3n) is 2.70. The van der Waals surface area contributed by atoms with E-state index < -0.39 is 19.4 Å². The first-order chi connectivity index (χ1) is 8.71. The highest BCUT2D eigenvalue weighted by Crippen LogP contribution is 2.31. The average Bonchev–Trinajstić information content (AvgIpc) is 2.26. The molecule has 0 bridgehead atoms. The molecule has 1 aromatic carbocycles. The van der Waals surface area contributed by atoms with Crippen molar-refractivity contribution in [3.8, 4) is 0 Å². The minimum Gasteiger partial charge on any atom is -0.166 e. The van der Waals surface area contributed by atoms with E-state index in [0.29, 0.717) is 6.42 Å². The minimum absolute atomic E-state index is 0.465. The Kier molecular flexibility index (Phi) is 5.21. The molecular formula is C15H19F3Si. The highest BCUT2D eigenvalue weighted by Gasteiger charge is 2.41. The quantitative estimate of drug-likeness (QED) is 0.530. The molecule has 4 heteroatoms. The minimum atomic E-state index is -4.26. The summed E-state index contributed by atoms with van der Waals surface area (Å²) < 4.78 is 38.6. The first-order valence-electron chi connectivity index (χ1n) is 6.28. The highest BCUT2D eigenvalue weighted by atomic mass is 28.3. The van der Waals surface area contributed by atoms with Gasteiger partial charge in [0, 0.05) is 0 Å². The second-order valence-corrected chi connectivity index (χ2v) is 10.5. The molecule has 0 atom stereocenters. The summed E-state index contributed by atoms with van der Waals surface area (Å²) in [6.07, 6.45) is -1.42. The molecule has 104 valence electrons. The van der Waals surface area contributed by atoms with Crippen LogP contribution in [0.15, 0.2) is 47.3 Å². The zero-order valence-corrected chi connectivity index (χ0v) is 12.5. The van der Waals surface area contributed by atoms with Crippen LogP contribution in [0, 0.1) is 0 Å². The van der Waals surface area contributed by atoms with E-state index in [4.69, 9.17) is 0 Å². The molecule has 0 saturated heterocycles. The van der Waals surface area contributed by atoms with E-state index in [1.165, 1.54) is 6.08 Å². The Balaban J connectivity index is 2.78. The maximum atomic E-state index is 12.9. The lowest BCUT2D eigenvalue weighted by Gasteiger charge is -2.20. The van der Waals surface area contributed by atoms with Crippen molar-refractivity contribution in [3.05, 3.63) is 52.9 Å². The normalized spacial score (nSPS) is 11.9. The highest BCUT2D eigenvalue weighted by molar-refractivity contribution is 6.83. The lowest BCUT2D eigenvalue weighted by Crippen LogP contribution is -2.33.